The highest BCUT2D eigenvalue weighted by Crippen LogP contribution is 2.20. The maximum Gasteiger partial charge on any atom is 0.270 e. The fourth-order valence-electron chi connectivity index (χ4n) is 4.35. The molecule has 5 rings (SSSR count). The molecule has 0 aliphatic carbocycles. The van der Waals surface area contributed by atoms with E-state index in [1.165, 1.54) is 0 Å². The third-order valence-corrected chi connectivity index (χ3v) is 6.31. The second-order valence-corrected chi connectivity index (χ2v) is 8.33. The van der Waals surface area contributed by atoms with Crippen molar-refractivity contribution >= 4 is 39.2 Å². The van der Waals surface area contributed by atoms with Crippen molar-refractivity contribution in [1.29, 1.82) is 0 Å². The molecule has 2 amide bonds. The molecule has 0 bridgehead atoms. The van der Waals surface area contributed by atoms with Gasteiger partial charge in [-0.15, -0.1) is 0 Å². The van der Waals surface area contributed by atoms with Crippen LogP contribution in [0.3, 0.4) is 0 Å². The summed E-state index contributed by atoms with van der Waals surface area (Å²) in [7, 11) is 0. The van der Waals surface area contributed by atoms with Crippen LogP contribution in [0.4, 0.5) is 5.69 Å². The number of rotatable bonds is 4. The number of piperazine rings is 1. The molecule has 1 saturated heterocycles. The van der Waals surface area contributed by atoms with Crippen LogP contribution in [-0.4, -0.2) is 58.8 Å². The Morgan fingerprint density at radius 3 is 2.28 bits per heavy atom. The molecule has 0 radical (unpaired) electrons. The summed E-state index contributed by atoms with van der Waals surface area (Å²) in [6, 6.07) is 23.6. The summed E-state index contributed by atoms with van der Waals surface area (Å²) < 4.78 is 0. The predicted molar refractivity (Wildman–Crippen MR) is 128 cm³/mol. The Balaban J connectivity index is 1.19. The first-order chi connectivity index (χ1) is 15.6. The highest BCUT2D eigenvalue weighted by molar-refractivity contribution is 5.98. The number of para-hydroxylation sites is 1. The molecule has 1 fully saturated rings. The first kappa shape index (κ1) is 20.3. The zero-order chi connectivity index (χ0) is 22.1. The number of H-pyrrole nitrogens is 1. The highest BCUT2D eigenvalue weighted by Gasteiger charge is 2.28. The lowest BCUT2D eigenvalue weighted by Crippen LogP contribution is -2.54. The van der Waals surface area contributed by atoms with Crippen LogP contribution in [0.2, 0.25) is 0 Å². The van der Waals surface area contributed by atoms with E-state index < -0.39 is 0 Å². The molecule has 6 nitrogen and oxygen atoms in total. The van der Waals surface area contributed by atoms with E-state index in [-0.39, 0.29) is 17.9 Å². The van der Waals surface area contributed by atoms with Crippen LogP contribution >= 0.6 is 0 Å². The van der Waals surface area contributed by atoms with Gasteiger partial charge >= 0.3 is 0 Å². The smallest absolute Gasteiger partial charge is 0.270 e. The molecular formula is C26H26N4O2. The Hall–Kier alpha value is -3.64. The molecule has 4 aromatic rings. The van der Waals surface area contributed by atoms with Gasteiger partial charge in [-0.1, -0.05) is 48.5 Å². The number of aromatic amines is 1. The van der Waals surface area contributed by atoms with E-state index in [2.05, 4.69) is 21.3 Å². The first-order valence-electron chi connectivity index (χ1n) is 11.0. The van der Waals surface area contributed by atoms with Crippen LogP contribution < -0.4 is 5.32 Å². The van der Waals surface area contributed by atoms with E-state index in [1.54, 1.807) is 0 Å². The quantitative estimate of drug-likeness (QED) is 0.516. The molecule has 3 aromatic carbocycles. The molecule has 2 N–H and O–H groups in total. The minimum Gasteiger partial charge on any atom is -0.351 e. The third-order valence-electron chi connectivity index (χ3n) is 6.31. The van der Waals surface area contributed by atoms with Crippen molar-refractivity contribution in [2.45, 2.75) is 13.0 Å². The van der Waals surface area contributed by atoms with E-state index in [0.29, 0.717) is 31.9 Å². The van der Waals surface area contributed by atoms with Crippen LogP contribution in [0.15, 0.2) is 72.8 Å². The summed E-state index contributed by atoms with van der Waals surface area (Å²) in [5.41, 5.74) is 2.38. The van der Waals surface area contributed by atoms with Gasteiger partial charge in [0.1, 0.15) is 5.69 Å². The summed E-state index contributed by atoms with van der Waals surface area (Å²) in [5.74, 6) is -0.0233. The molecule has 32 heavy (non-hydrogen) atoms. The molecule has 0 saturated carbocycles. The Kier molecular flexibility index (Phi) is 5.37. The lowest BCUT2D eigenvalue weighted by molar-refractivity contribution is -0.121. The summed E-state index contributed by atoms with van der Waals surface area (Å²) in [4.78, 5) is 33.0. The van der Waals surface area contributed by atoms with Crippen LogP contribution in [0, 0.1) is 0 Å². The van der Waals surface area contributed by atoms with Gasteiger partial charge in [-0.25, -0.2) is 0 Å². The number of carbonyl (C=O) groups excluding carboxylic acids is 2. The van der Waals surface area contributed by atoms with Crippen molar-refractivity contribution in [2.75, 3.05) is 31.5 Å². The number of nitrogens with zero attached hydrogens (tertiary/aromatic N) is 2. The molecule has 6 heteroatoms. The van der Waals surface area contributed by atoms with Crippen LogP contribution in [0.1, 0.15) is 17.4 Å². The van der Waals surface area contributed by atoms with Gasteiger partial charge in [0.2, 0.25) is 5.91 Å². The second-order valence-electron chi connectivity index (χ2n) is 8.33. The number of anilines is 1. The fourth-order valence-corrected chi connectivity index (χ4v) is 4.35. The van der Waals surface area contributed by atoms with Gasteiger partial charge in [-0.3, -0.25) is 14.5 Å². The maximum absolute atomic E-state index is 12.9. The lowest BCUT2D eigenvalue weighted by atomic mass is 10.1. The number of hydrogen-bond acceptors (Lipinski definition) is 3. The van der Waals surface area contributed by atoms with Gasteiger partial charge in [0, 0.05) is 42.8 Å². The number of carbonyl (C=O) groups is 2. The average Bonchev–Trinajstić information content (AvgIpc) is 3.27. The van der Waals surface area contributed by atoms with Gasteiger partial charge in [0.15, 0.2) is 0 Å². The zero-order valence-corrected chi connectivity index (χ0v) is 18.0. The number of hydrogen-bond donors (Lipinski definition) is 2. The number of nitrogens with one attached hydrogen (secondary N) is 2. The standard InChI is InChI=1S/C26H26N4O2/c1-18(25(31)27-22-11-10-19-6-2-3-7-20(19)16-22)29-12-14-30(15-13-29)26(32)24-17-21-8-4-5-9-23(21)28-24/h2-11,16-18,28H,12-15H2,1H3,(H,27,31). The minimum absolute atomic E-state index is 0.00844. The van der Waals surface area contributed by atoms with Gasteiger partial charge in [-0.2, -0.15) is 0 Å². The zero-order valence-electron chi connectivity index (χ0n) is 18.0. The number of aromatic nitrogens is 1. The summed E-state index contributed by atoms with van der Waals surface area (Å²) in [5, 5.41) is 6.32. The summed E-state index contributed by atoms with van der Waals surface area (Å²) in [6.45, 7) is 4.45. The van der Waals surface area contributed by atoms with Crippen molar-refractivity contribution in [1.82, 2.24) is 14.8 Å². The number of benzene rings is 3. The molecule has 1 aromatic heterocycles. The normalized spacial score (nSPS) is 15.7. The van der Waals surface area contributed by atoms with Crippen molar-refractivity contribution < 1.29 is 9.59 Å². The molecule has 1 atom stereocenters. The Morgan fingerprint density at radius 1 is 0.844 bits per heavy atom. The van der Waals surface area contributed by atoms with Gasteiger partial charge in [0.25, 0.3) is 5.91 Å². The SMILES string of the molecule is CC(C(=O)Nc1ccc2ccccc2c1)N1CCN(C(=O)c2cc3ccccc3[nH]2)CC1. The highest BCUT2D eigenvalue weighted by atomic mass is 16.2. The van der Waals surface area contributed by atoms with Crippen molar-refractivity contribution in [2.24, 2.45) is 0 Å². The van der Waals surface area contributed by atoms with E-state index in [4.69, 9.17) is 0 Å². The van der Waals surface area contributed by atoms with Gasteiger partial charge in [0.05, 0.1) is 6.04 Å². The van der Waals surface area contributed by atoms with Crippen molar-refractivity contribution in [3.8, 4) is 0 Å². The lowest BCUT2D eigenvalue weighted by Gasteiger charge is -2.37. The number of amides is 2. The summed E-state index contributed by atoms with van der Waals surface area (Å²) >= 11 is 0. The van der Waals surface area contributed by atoms with E-state index >= 15 is 0 Å². The Bertz CT molecular complexity index is 1250. The number of fused-ring (bicyclic) bond motifs is 2. The fraction of sp³-hybridized carbons (Fsp3) is 0.231. The van der Waals surface area contributed by atoms with Crippen molar-refractivity contribution in [3.63, 3.8) is 0 Å². The van der Waals surface area contributed by atoms with Crippen LogP contribution in [0.5, 0.6) is 0 Å². The second kappa shape index (κ2) is 8.48. The minimum atomic E-state index is -0.271. The molecule has 1 aliphatic heterocycles. The average molecular weight is 427 g/mol. The topological polar surface area (TPSA) is 68.4 Å². The van der Waals surface area contributed by atoms with Gasteiger partial charge in [-0.05, 0) is 42.0 Å². The monoisotopic (exact) mass is 426 g/mol. The molecule has 1 aliphatic rings. The first-order valence-corrected chi connectivity index (χ1v) is 11.0. The molecular weight excluding hydrogens is 400 g/mol. The predicted octanol–water partition coefficient (Wildman–Crippen LogP) is 4.11. The van der Waals surface area contributed by atoms with Crippen molar-refractivity contribution in [3.05, 3.63) is 78.5 Å². The molecule has 162 valence electrons. The van der Waals surface area contributed by atoms with E-state index in [9.17, 15) is 9.59 Å². The van der Waals surface area contributed by atoms with Gasteiger partial charge < -0.3 is 15.2 Å². The Morgan fingerprint density at radius 2 is 1.53 bits per heavy atom. The molecule has 2 heterocycles. The summed E-state index contributed by atoms with van der Waals surface area (Å²) in [6.07, 6.45) is 0. The Labute approximate surface area is 186 Å². The van der Waals surface area contributed by atoms with E-state index in [1.807, 2.05) is 78.6 Å². The third kappa shape index (κ3) is 3.97. The molecule has 1 unspecified atom stereocenters. The molecule has 0 spiro atoms. The largest absolute Gasteiger partial charge is 0.351 e. The van der Waals surface area contributed by atoms with Crippen LogP contribution in [-0.2, 0) is 4.79 Å². The van der Waals surface area contributed by atoms with E-state index in [0.717, 1.165) is 27.4 Å². The maximum atomic E-state index is 12.9. The van der Waals surface area contributed by atoms with Crippen LogP contribution in [0.25, 0.3) is 21.7 Å².